The van der Waals surface area contributed by atoms with Gasteiger partial charge in [-0.25, -0.2) is 8.42 Å². The molecule has 2 aliphatic heterocycles. The third-order valence-corrected chi connectivity index (χ3v) is 7.49. The van der Waals surface area contributed by atoms with Crippen LogP contribution in [0.4, 0.5) is 4.79 Å². The summed E-state index contributed by atoms with van der Waals surface area (Å²) in [6.45, 7) is 1.70. The van der Waals surface area contributed by atoms with Gasteiger partial charge in [0.15, 0.2) is 9.84 Å². The number of carbonyl (C=O) groups excluding carboxylic acids is 3. The van der Waals surface area contributed by atoms with Crippen molar-refractivity contribution >= 4 is 44.7 Å². The summed E-state index contributed by atoms with van der Waals surface area (Å²) in [7, 11) is -3.14. The SMILES string of the molecule is CCN(C(=O)CN1C(=O)S/C(=C/C=C/c2ccccc2)C1=O)[C@H]1CCS(=O)(=O)C1. The number of benzene rings is 1. The van der Waals surface area contributed by atoms with Crippen molar-refractivity contribution in [3.63, 3.8) is 0 Å². The first kappa shape index (κ1) is 21.3. The van der Waals surface area contributed by atoms with E-state index in [-0.39, 0.29) is 23.0 Å². The molecule has 1 atom stereocenters. The van der Waals surface area contributed by atoms with E-state index in [1.807, 2.05) is 36.4 Å². The van der Waals surface area contributed by atoms with Gasteiger partial charge in [0, 0.05) is 12.6 Å². The number of sulfone groups is 1. The second kappa shape index (κ2) is 8.96. The number of imide groups is 1. The van der Waals surface area contributed by atoms with E-state index in [2.05, 4.69) is 0 Å². The molecule has 2 heterocycles. The molecule has 1 aromatic carbocycles. The highest BCUT2D eigenvalue weighted by Crippen LogP contribution is 2.31. The van der Waals surface area contributed by atoms with Crippen LogP contribution in [0.3, 0.4) is 0 Å². The minimum Gasteiger partial charge on any atom is -0.337 e. The normalized spacial score (nSPS) is 22.7. The molecule has 3 rings (SSSR count). The highest BCUT2D eigenvalue weighted by molar-refractivity contribution is 8.18. The Morgan fingerprint density at radius 3 is 2.62 bits per heavy atom. The molecule has 7 nitrogen and oxygen atoms in total. The molecule has 0 aromatic heterocycles. The predicted octanol–water partition coefficient (Wildman–Crippen LogP) is 2.31. The predicted molar refractivity (Wildman–Crippen MR) is 113 cm³/mol. The maximum Gasteiger partial charge on any atom is 0.294 e. The fourth-order valence-corrected chi connectivity index (χ4v) is 5.87. The van der Waals surface area contributed by atoms with Crippen LogP contribution in [-0.4, -0.2) is 65.9 Å². The van der Waals surface area contributed by atoms with Crippen molar-refractivity contribution in [2.24, 2.45) is 0 Å². The third-order valence-electron chi connectivity index (χ3n) is 4.81. The minimum atomic E-state index is -3.14. The van der Waals surface area contributed by atoms with Crippen LogP contribution >= 0.6 is 11.8 Å². The van der Waals surface area contributed by atoms with E-state index in [1.54, 1.807) is 19.1 Å². The molecule has 3 amide bonds. The lowest BCUT2D eigenvalue weighted by molar-refractivity contribution is -0.137. The third kappa shape index (κ3) is 5.16. The zero-order valence-electron chi connectivity index (χ0n) is 16.0. The van der Waals surface area contributed by atoms with Gasteiger partial charge in [0.2, 0.25) is 5.91 Å². The number of amides is 3. The topological polar surface area (TPSA) is 91.8 Å². The van der Waals surface area contributed by atoms with Gasteiger partial charge in [0.1, 0.15) is 6.54 Å². The van der Waals surface area contributed by atoms with Crippen LogP contribution in [0.25, 0.3) is 6.08 Å². The van der Waals surface area contributed by atoms with E-state index < -0.39 is 32.9 Å². The zero-order valence-corrected chi connectivity index (χ0v) is 17.6. The maximum atomic E-state index is 12.7. The van der Waals surface area contributed by atoms with Crippen LogP contribution in [0.15, 0.2) is 47.4 Å². The van der Waals surface area contributed by atoms with Crippen LogP contribution < -0.4 is 0 Å². The first-order valence-corrected chi connectivity index (χ1v) is 11.9. The fraction of sp³-hybridized carbons (Fsp3) is 0.350. The summed E-state index contributed by atoms with van der Waals surface area (Å²) in [4.78, 5) is 40.1. The second-order valence-electron chi connectivity index (χ2n) is 6.80. The van der Waals surface area contributed by atoms with Crippen LogP contribution in [0.1, 0.15) is 18.9 Å². The van der Waals surface area contributed by atoms with Crippen molar-refractivity contribution in [1.82, 2.24) is 9.80 Å². The monoisotopic (exact) mass is 434 g/mol. The van der Waals surface area contributed by atoms with Crippen molar-refractivity contribution < 1.29 is 22.8 Å². The van der Waals surface area contributed by atoms with E-state index in [0.717, 1.165) is 22.2 Å². The van der Waals surface area contributed by atoms with Gasteiger partial charge in [0.25, 0.3) is 11.1 Å². The summed E-state index contributed by atoms with van der Waals surface area (Å²) in [6, 6.07) is 9.12. The Labute approximate surface area is 174 Å². The molecule has 2 aliphatic rings. The number of nitrogens with zero attached hydrogens (tertiary/aromatic N) is 2. The molecule has 0 saturated carbocycles. The van der Waals surface area contributed by atoms with E-state index in [9.17, 15) is 22.8 Å². The highest BCUT2D eigenvalue weighted by Gasteiger charge is 2.39. The largest absolute Gasteiger partial charge is 0.337 e. The van der Waals surface area contributed by atoms with Crippen molar-refractivity contribution in [3.05, 3.63) is 53.0 Å². The Morgan fingerprint density at radius 2 is 2.00 bits per heavy atom. The zero-order chi connectivity index (χ0) is 21.0. The maximum absolute atomic E-state index is 12.7. The van der Waals surface area contributed by atoms with Crippen LogP contribution in [-0.2, 0) is 19.4 Å². The summed E-state index contributed by atoms with van der Waals surface area (Å²) in [5.74, 6) is -0.947. The molecule has 1 aromatic rings. The van der Waals surface area contributed by atoms with E-state index in [1.165, 1.54) is 4.90 Å². The standard InChI is InChI=1S/C20H22N2O5S2/c1-2-21(16-11-12-29(26,27)14-16)18(23)13-22-19(24)17(28-20(22)25)10-6-9-15-7-4-3-5-8-15/h3-10,16H,2,11-14H2,1H3/b9-6+,17-10+/t16-/m0/s1. The highest BCUT2D eigenvalue weighted by atomic mass is 32.2. The average Bonchev–Trinajstić information content (AvgIpc) is 3.17. The van der Waals surface area contributed by atoms with Crippen molar-refractivity contribution in [1.29, 1.82) is 0 Å². The molecule has 2 saturated heterocycles. The molecular formula is C20H22N2O5S2. The van der Waals surface area contributed by atoms with Crippen molar-refractivity contribution in [2.45, 2.75) is 19.4 Å². The molecule has 0 unspecified atom stereocenters. The number of thioether (sulfide) groups is 1. The first-order valence-electron chi connectivity index (χ1n) is 9.27. The number of carbonyl (C=O) groups is 3. The van der Waals surface area contributed by atoms with Crippen LogP contribution in [0.5, 0.6) is 0 Å². The van der Waals surface area contributed by atoms with Gasteiger partial charge in [-0.05, 0) is 36.7 Å². The number of hydrogen-bond acceptors (Lipinski definition) is 6. The number of hydrogen-bond donors (Lipinski definition) is 0. The van der Waals surface area contributed by atoms with Gasteiger partial charge in [-0.2, -0.15) is 0 Å². The Morgan fingerprint density at radius 1 is 1.28 bits per heavy atom. The molecule has 0 aliphatic carbocycles. The van der Waals surface area contributed by atoms with Crippen molar-refractivity contribution in [3.8, 4) is 0 Å². The molecule has 9 heteroatoms. The lowest BCUT2D eigenvalue weighted by Crippen LogP contribution is -2.47. The molecule has 0 spiro atoms. The summed E-state index contributed by atoms with van der Waals surface area (Å²) in [6.07, 6.45) is 5.45. The second-order valence-corrected chi connectivity index (χ2v) is 10.0. The Kier molecular flexibility index (Phi) is 6.59. The van der Waals surface area contributed by atoms with E-state index in [0.29, 0.717) is 13.0 Å². The molecule has 154 valence electrons. The lowest BCUT2D eigenvalue weighted by Gasteiger charge is -2.28. The van der Waals surface area contributed by atoms with Gasteiger partial charge in [-0.3, -0.25) is 19.3 Å². The summed E-state index contributed by atoms with van der Waals surface area (Å²) < 4.78 is 23.4. The van der Waals surface area contributed by atoms with Gasteiger partial charge < -0.3 is 4.90 Å². The Bertz CT molecular complexity index is 970. The molecular weight excluding hydrogens is 412 g/mol. The molecule has 0 radical (unpaired) electrons. The number of allylic oxidation sites excluding steroid dienone is 2. The Hall–Kier alpha value is -2.39. The van der Waals surface area contributed by atoms with E-state index in [4.69, 9.17) is 0 Å². The molecule has 2 fully saturated rings. The van der Waals surface area contributed by atoms with Gasteiger partial charge in [-0.1, -0.05) is 42.5 Å². The molecule has 0 N–H and O–H groups in total. The summed E-state index contributed by atoms with van der Waals surface area (Å²) in [5.41, 5.74) is 0.961. The van der Waals surface area contributed by atoms with Gasteiger partial charge in [0.05, 0.1) is 16.4 Å². The molecule has 29 heavy (non-hydrogen) atoms. The molecule has 0 bridgehead atoms. The smallest absolute Gasteiger partial charge is 0.294 e. The van der Waals surface area contributed by atoms with Crippen LogP contribution in [0, 0.1) is 0 Å². The summed E-state index contributed by atoms with van der Waals surface area (Å²) >= 11 is 0.791. The minimum absolute atomic E-state index is 0.0551. The van der Waals surface area contributed by atoms with Gasteiger partial charge >= 0.3 is 0 Å². The lowest BCUT2D eigenvalue weighted by atomic mass is 10.2. The first-order chi connectivity index (χ1) is 13.8. The quantitative estimate of drug-likeness (QED) is 0.638. The van der Waals surface area contributed by atoms with Crippen LogP contribution in [0.2, 0.25) is 0 Å². The fourth-order valence-electron chi connectivity index (χ4n) is 3.35. The number of rotatable bonds is 6. The van der Waals surface area contributed by atoms with E-state index >= 15 is 0 Å². The summed E-state index contributed by atoms with van der Waals surface area (Å²) in [5, 5.41) is -0.502. The average molecular weight is 435 g/mol. The Balaban J connectivity index is 1.65. The van der Waals surface area contributed by atoms with Gasteiger partial charge in [-0.15, -0.1) is 0 Å². The number of likely N-dealkylation sites (N-methyl/N-ethyl adjacent to an activating group) is 1. The van der Waals surface area contributed by atoms with Crippen molar-refractivity contribution in [2.75, 3.05) is 24.6 Å².